The van der Waals surface area contributed by atoms with Crippen LogP contribution in [0.2, 0.25) is 0 Å². The van der Waals surface area contributed by atoms with Crippen molar-refractivity contribution in [3.8, 4) is 11.5 Å². The molecule has 3 aromatic rings. The largest absolute Gasteiger partial charge is 0.497 e. The lowest BCUT2D eigenvalue weighted by Gasteiger charge is -2.19. The summed E-state index contributed by atoms with van der Waals surface area (Å²) in [5, 5.41) is 12.3. The van der Waals surface area contributed by atoms with E-state index in [1.165, 1.54) is 72.2 Å². The van der Waals surface area contributed by atoms with Crippen LogP contribution in [-0.2, 0) is 11.3 Å². The summed E-state index contributed by atoms with van der Waals surface area (Å²) < 4.78 is 50.6. The van der Waals surface area contributed by atoms with E-state index in [2.05, 4.69) is 10.1 Å². The maximum absolute atomic E-state index is 15.1. The number of ether oxygens (including phenoxy) is 2. The lowest BCUT2D eigenvalue weighted by Crippen LogP contribution is -2.44. The van der Waals surface area contributed by atoms with Gasteiger partial charge in [0.2, 0.25) is 5.91 Å². The Morgan fingerprint density at radius 3 is 2.44 bits per heavy atom. The van der Waals surface area contributed by atoms with Gasteiger partial charge in [-0.2, -0.15) is 8.78 Å². The fraction of sp³-hybridized carbons (Fsp3) is 0.296. The van der Waals surface area contributed by atoms with Crippen molar-refractivity contribution >= 4 is 17.5 Å². The van der Waals surface area contributed by atoms with E-state index in [0.717, 1.165) is 6.07 Å². The summed E-state index contributed by atoms with van der Waals surface area (Å²) in [6, 6.07) is 10.7. The van der Waals surface area contributed by atoms with E-state index in [4.69, 9.17) is 4.74 Å². The van der Waals surface area contributed by atoms with E-state index in [0.29, 0.717) is 0 Å². The maximum Gasteiger partial charge on any atom is 0.387 e. The SMILES string of the molecule is COc1ccc([C@@H]2CN(c3cccn(CC(C)O)c3=O)C(=O)[C@H]2NC(=O)c2ccc(OC(F)F)cc2)c(F)c1. The third kappa shape index (κ3) is 6.06. The number of nitrogens with zero attached hydrogens (tertiary/aromatic N) is 2. The van der Waals surface area contributed by atoms with Gasteiger partial charge in [-0.15, -0.1) is 0 Å². The summed E-state index contributed by atoms with van der Waals surface area (Å²) in [7, 11) is 1.38. The molecule has 206 valence electrons. The average Bonchev–Trinajstić information content (AvgIpc) is 3.20. The van der Waals surface area contributed by atoms with Gasteiger partial charge >= 0.3 is 6.61 Å². The van der Waals surface area contributed by atoms with E-state index in [9.17, 15) is 28.3 Å². The van der Waals surface area contributed by atoms with E-state index in [-0.39, 0.29) is 41.4 Å². The van der Waals surface area contributed by atoms with Crippen molar-refractivity contribution in [1.29, 1.82) is 0 Å². The van der Waals surface area contributed by atoms with Crippen LogP contribution in [-0.4, -0.2) is 53.9 Å². The molecule has 0 radical (unpaired) electrons. The Morgan fingerprint density at radius 1 is 1.13 bits per heavy atom. The Balaban J connectivity index is 1.68. The second-order valence-electron chi connectivity index (χ2n) is 9.00. The van der Waals surface area contributed by atoms with Crippen LogP contribution in [0, 0.1) is 5.82 Å². The van der Waals surface area contributed by atoms with Crippen LogP contribution in [0.25, 0.3) is 0 Å². The van der Waals surface area contributed by atoms with Crippen LogP contribution < -0.4 is 25.2 Å². The lowest BCUT2D eigenvalue weighted by molar-refractivity contribution is -0.118. The molecule has 0 saturated carbocycles. The number of rotatable bonds is 9. The van der Waals surface area contributed by atoms with Gasteiger partial charge in [-0.05, 0) is 55.0 Å². The molecule has 1 aliphatic rings. The lowest BCUT2D eigenvalue weighted by atomic mass is 9.93. The molecular formula is C27H26F3N3O6. The van der Waals surface area contributed by atoms with Gasteiger partial charge in [-0.1, -0.05) is 6.07 Å². The normalized spacial score (nSPS) is 17.8. The number of benzene rings is 2. The Kier molecular flexibility index (Phi) is 8.24. The van der Waals surface area contributed by atoms with Gasteiger partial charge < -0.3 is 29.4 Å². The number of aliphatic hydroxyl groups is 1. The highest BCUT2D eigenvalue weighted by Gasteiger charge is 2.44. The molecule has 2 amide bonds. The number of aromatic nitrogens is 1. The van der Waals surface area contributed by atoms with Crippen molar-refractivity contribution < 1.29 is 37.3 Å². The number of anilines is 1. The zero-order valence-corrected chi connectivity index (χ0v) is 21.0. The number of amides is 2. The molecule has 2 heterocycles. The Labute approximate surface area is 221 Å². The number of aliphatic hydroxyl groups excluding tert-OH is 1. The zero-order chi connectivity index (χ0) is 28.3. The van der Waals surface area contributed by atoms with Gasteiger partial charge in [-0.25, -0.2) is 4.39 Å². The minimum absolute atomic E-state index is 0.00330. The van der Waals surface area contributed by atoms with Crippen LogP contribution in [0.1, 0.15) is 28.8 Å². The maximum atomic E-state index is 15.1. The summed E-state index contributed by atoms with van der Waals surface area (Å²) in [5.41, 5.74) is -0.358. The predicted octanol–water partition coefficient (Wildman–Crippen LogP) is 2.91. The highest BCUT2D eigenvalue weighted by Crippen LogP contribution is 2.34. The first-order chi connectivity index (χ1) is 18.6. The van der Waals surface area contributed by atoms with E-state index >= 15 is 4.39 Å². The molecule has 0 spiro atoms. The summed E-state index contributed by atoms with van der Waals surface area (Å²) >= 11 is 0. The Hall–Kier alpha value is -4.32. The van der Waals surface area contributed by atoms with Crippen molar-refractivity contribution in [1.82, 2.24) is 9.88 Å². The molecule has 1 unspecified atom stereocenters. The number of alkyl halides is 2. The van der Waals surface area contributed by atoms with Gasteiger partial charge in [-0.3, -0.25) is 14.4 Å². The molecule has 1 fully saturated rings. The predicted molar refractivity (Wildman–Crippen MR) is 135 cm³/mol. The molecule has 1 saturated heterocycles. The van der Waals surface area contributed by atoms with Crippen LogP contribution in [0.4, 0.5) is 18.9 Å². The highest BCUT2D eigenvalue weighted by molar-refractivity contribution is 6.05. The molecule has 9 nitrogen and oxygen atoms in total. The topological polar surface area (TPSA) is 110 Å². The zero-order valence-electron chi connectivity index (χ0n) is 21.0. The van der Waals surface area contributed by atoms with Gasteiger partial charge in [0.25, 0.3) is 11.5 Å². The Morgan fingerprint density at radius 2 is 1.82 bits per heavy atom. The number of hydrogen-bond acceptors (Lipinski definition) is 6. The number of carbonyl (C=O) groups excluding carboxylic acids is 2. The average molecular weight is 546 g/mol. The van der Waals surface area contributed by atoms with Crippen LogP contribution in [0.15, 0.2) is 65.6 Å². The van der Waals surface area contributed by atoms with Crippen molar-refractivity contribution in [3.05, 3.63) is 88.1 Å². The molecule has 4 rings (SSSR count). The number of methoxy groups -OCH3 is 1. The fourth-order valence-electron chi connectivity index (χ4n) is 4.50. The van der Waals surface area contributed by atoms with Gasteiger partial charge in [0.1, 0.15) is 29.0 Å². The molecule has 2 N–H and O–H groups in total. The van der Waals surface area contributed by atoms with Crippen molar-refractivity contribution in [2.24, 2.45) is 0 Å². The van der Waals surface area contributed by atoms with Crippen LogP contribution >= 0.6 is 0 Å². The monoisotopic (exact) mass is 545 g/mol. The van der Waals surface area contributed by atoms with E-state index in [1.54, 1.807) is 6.07 Å². The smallest absolute Gasteiger partial charge is 0.387 e. The highest BCUT2D eigenvalue weighted by atomic mass is 19.3. The number of hydrogen-bond donors (Lipinski definition) is 2. The second kappa shape index (κ2) is 11.6. The molecular weight excluding hydrogens is 519 g/mol. The fourth-order valence-corrected chi connectivity index (χ4v) is 4.50. The molecule has 12 heteroatoms. The molecule has 0 aliphatic carbocycles. The third-order valence-corrected chi connectivity index (χ3v) is 6.30. The first-order valence-corrected chi connectivity index (χ1v) is 12.0. The summed E-state index contributed by atoms with van der Waals surface area (Å²) in [6.45, 7) is -1.64. The van der Waals surface area contributed by atoms with Crippen LogP contribution in [0.5, 0.6) is 11.5 Å². The van der Waals surface area contributed by atoms with Gasteiger partial charge in [0, 0.05) is 30.3 Å². The van der Waals surface area contributed by atoms with Crippen molar-refractivity contribution in [2.45, 2.75) is 38.1 Å². The quantitative estimate of drug-likeness (QED) is 0.428. The molecule has 3 atom stereocenters. The minimum atomic E-state index is -3.03. The van der Waals surface area contributed by atoms with Crippen molar-refractivity contribution in [3.63, 3.8) is 0 Å². The molecule has 1 aromatic heterocycles. The van der Waals surface area contributed by atoms with Gasteiger partial charge in [0.05, 0.1) is 19.8 Å². The minimum Gasteiger partial charge on any atom is -0.497 e. The second-order valence-corrected chi connectivity index (χ2v) is 9.00. The molecule has 1 aliphatic heterocycles. The summed E-state index contributed by atoms with van der Waals surface area (Å²) in [4.78, 5) is 40.9. The van der Waals surface area contributed by atoms with E-state index in [1.807, 2.05) is 0 Å². The summed E-state index contributed by atoms with van der Waals surface area (Å²) in [5.74, 6) is -2.81. The summed E-state index contributed by atoms with van der Waals surface area (Å²) in [6.07, 6.45) is 0.651. The first kappa shape index (κ1) is 27.7. The number of nitrogens with one attached hydrogen (secondary N) is 1. The molecule has 2 aromatic carbocycles. The number of halogens is 3. The van der Waals surface area contributed by atoms with E-state index < -0.39 is 47.9 Å². The first-order valence-electron chi connectivity index (χ1n) is 12.0. The van der Waals surface area contributed by atoms with Crippen LogP contribution in [0.3, 0.4) is 0 Å². The molecule has 0 bridgehead atoms. The van der Waals surface area contributed by atoms with Crippen molar-refractivity contribution in [2.75, 3.05) is 18.6 Å². The third-order valence-electron chi connectivity index (χ3n) is 6.30. The molecule has 39 heavy (non-hydrogen) atoms. The Bertz CT molecular complexity index is 1410. The standard InChI is InChI=1S/C27H26F3N3O6/c1-15(34)13-32-11-3-4-22(25(32)36)33-14-20(19-10-9-18(38-2)12-21(19)28)23(26(33)37)31-24(35)16-5-7-17(8-6-16)39-27(29)30/h3-12,15,20,23,27,34H,13-14H2,1-2H3,(H,31,35)/t15?,20-,23-/m0/s1. The van der Waals surface area contributed by atoms with Gasteiger partial charge in [0.15, 0.2) is 0 Å². The number of carbonyl (C=O) groups is 2. The number of pyridine rings is 1.